The second kappa shape index (κ2) is 9.29. The van der Waals surface area contributed by atoms with E-state index in [1.165, 1.54) is 16.7 Å². The van der Waals surface area contributed by atoms with Crippen molar-refractivity contribution in [1.82, 2.24) is 19.4 Å². The first kappa shape index (κ1) is 24.1. The van der Waals surface area contributed by atoms with E-state index in [4.69, 9.17) is 11.6 Å². The number of aliphatic imine (C=N–C) groups is 1. The predicted molar refractivity (Wildman–Crippen MR) is 132 cm³/mol. The SMILES string of the molecule is C=CC(=O)N1CCN(c2nc(=O)n(C3C(C)=CC=NC3C(C)C)c3nc(Cl)c(F)cc23)C(C)C1. The molecule has 2 aliphatic heterocycles. The molecule has 2 aromatic rings. The van der Waals surface area contributed by atoms with Crippen LogP contribution in [-0.4, -0.2) is 63.3 Å². The molecule has 0 bridgehead atoms. The number of pyridine rings is 1. The molecule has 1 fully saturated rings. The molecule has 34 heavy (non-hydrogen) atoms. The van der Waals surface area contributed by atoms with Crippen molar-refractivity contribution in [2.45, 2.75) is 45.8 Å². The third-order valence-corrected chi connectivity index (χ3v) is 6.79. The van der Waals surface area contributed by atoms with Crippen LogP contribution >= 0.6 is 11.6 Å². The van der Waals surface area contributed by atoms with E-state index >= 15 is 0 Å². The van der Waals surface area contributed by atoms with Crippen molar-refractivity contribution in [2.24, 2.45) is 10.9 Å². The molecule has 4 rings (SSSR count). The Kier molecular flexibility index (Phi) is 6.58. The predicted octanol–water partition coefficient (Wildman–Crippen LogP) is 3.40. The smallest absolute Gasteiger partial charge is 0.350 e. The molecular formula is C24H28ClFN6O2. The van der Waals surface area contributed by atoms with Gasteiger partial charge in [0.25, 0.3) is 0 Å². The number of allylic oxidation sites excluding steroid dienone is 1. The average molecular weight is 487 g/mol. The van der Waals surface area contributed by atoms with Gasteiger partial charge in [0.05, 0.1) is 17.5 Å². The highest BCUT2D eigenvalue weighted by atomic mass is 35.5. The highest BCUT2D eigenvalue weighted by Crippen LogP contribution is 2.35. The number of piperazine rings is 1. The number of hydrogen-bond acceptors (Lipinski definition) is 6. The van der Waals surface area contributed by atoms with Gasteiger partial charge in [-0.15, -0.1) is 0 Å². The molecule has 8 nitrogen and oxygen atoms in total. The second-order valence-corrected chi connectivity index (χ2v) is 9.50. The van der Waals surface area contributed by atoms with Crippen molar-refractivity contribution in [2.75, 3.05) is 24.5 Å². The van der Waals surface area contributed by atoms with Gasteiger partial charge in [-0.2, -0.15) is 4.98 Å². The van der Waals surface area contributed by atoms with Gasteiger partial charge in [0, 0.05) is 31.9 Å². The van der Waals surface area contributed by atoms with Gasteiger partial charge in [0.1, 0.15) is 11.5 Å². The first-order valence-electron chi connectivity index (χ1n) is 11.3. The summed E-state index contributed by atoms with van der Waals surface area (Å²) < 4.78 is 16.1. The lowest BCUT2D eigenvalue weighted by Gasteiger charge is -2.40. The minimum Gasteiger partial charge on any atom is -0.350 e. The lowest BCUT2D eigenvalue weighted by molar-refractivity contribution is -0.126. The summed E-state index contributed by atoms with van der Waals surface area (Å²) in [5, 5.41) is 0.0796. The molecule has 3 unspecified atom stereocenters. The third-order valence-electron chi connectivity index (χ3n) is 6.52. The lowest BCUT2D eigenvalue weighted by atomic mass is 9.90. The number of aromatic nitrogens is 3. The zero-order valence-electron chi connectivity index (χ0n) is 19.7. The van der Waals surface area contributed by atoms with Crippen molar-refractivity contribution < 1.29 is 9.18 Å². The van der Waals surface area contributed by atoms with Crippen LogP contribution in [0.5, 0.6) is 0 Å². The number of amides is 1. The van der Waals surface area contributed by atoms with Crippen LogP contribution in [0.3, 0.4) is 0 Å². The van der Waals surface area contributed by atoms with Gasteiger partial charge in [-0.1, -0.05) is 32.0 Å². The highest BCUT2D eigenvalue weighted by Gasteiger charge is 2.34. The Balaban J connectivity index is 1.89. The van der Waals surface area contributed by atoms with E-state index < -0.39 is 17.5 Å². The molecule has 10 heteroatoms. The first-order chi connectivity index (χ1) is 16.1. The van der Waals surface area contributed by atoms with Gasteiger partial charge in [-0.25, -0.2) is 14.2 Å². The molecule has 4 heterocycles. The maximum atomic E-state index is 14.6. The number of hydrogen-bond donors (Lipinski definition) is 0. The quantitative estimate of drug-likeness (QED) is 0.488. The Morgan fingerprint density at radius 1 is 1.32 bits per heavy atom. The van der Waals surface area contributed by atoms with E-state index in [1.54, 1.807) is 11.1 Å². The van der Waals surface area contributed by atoms with Gasteiger partial charge < -0.3 is 9.80 Å². The average Bonchev–Trinajstić information content (AvgIpc) is 2.79. The summed E-state index contributed by atoms with van der Waals surface area (Å²) >= 11 is 6.09. The monoisotopic (exact) mass is 486 g/mol. The van der Waals surface area contributed by atoms with Gasteiger partial charge in [-0.3, -0.25) is 14.4 Å². The molecule has 2 aromatic heterocycles. The number of carbonyl (C=O) groups is 1. The van der Waals surface area contributed by atoms with Crippen LogP contribution < -0.4 is 10.6 Å². The van der Waals surface area contributed by atoms with Crippen molar-refractivity contribution in [1.29, 1.82) is 0 Å². The maximum absolute atomic E-state index is 14.6. The minimum atomic E-state index is -0.690. The Labute approximate surface area is 202 Å². The number of dihydropyridines is 1. The molecule has 0 N–H and O–H groups in total. The van der Waals surface area contributed by atoms with Crippen molar-refractivity contribution in [3.05, 3.63) is 51.8 Å². The molecule has 180 valence electrons. The number of carbonyl (C=O) groups excluding carboxylic acids is 1. The van der Waals surface area contributed by atoms with Crippen molar-refractivity contribution >= 4 is 40.6 Å². The summed E-state index contributed by atoms with van der Waals surface area (Å²) in [4.78, 5) is 42.5. The topological polar surface area (TPSA) is 83.7 Å². The van der Waals surface area contributed by atoms with E-state index in [0.717, 1.165) is 5.57 Å². The Morgan fingerprint density at radius 3 is 2.71 bits per heavy atom. The van der Waals surface area contributed by atoms with Crippen molar-refractivity contribution in [3.63, 3.8) is 0 Å². The molecule has 0 radical (unpaired) electrons. The summed E-state index contributed by atoms with van der Waals surface area (Å²) in [6, 6.07) is 0.491. The summed E-state index contributed by atoms with van der Waals surface area (Å²) in [5.74, 6) is -0.374. The van der Waals surface area contributed by atoms with Crippen LogP contribution in [0.15, 0.2) is 40.2 Å². The summed E-state index contributed by atoms with van der Waals surface area (Å²) in [7, 11) is 0. The minimum absolute atomic E-state index is 0.137. The Bertz CT molecular complexity index is 1270. The third kappa shape index (κ3) is 4.13. The van der Waals surface area contributed by atoms with Crippen LogP contribution in [0.2, 0.25) is 5.15 Å². The lowest BCUT2D eigenvalue weighted by Crippen LogP contribution is -2.54. The number of nitrogens with zero attached hydrogens (tertiary/aromatic N) is 6. The fourth-order valence-corrected chi connectivity index (χ4v) is 4.91. The van der Waals surface area contributed by atoms with Crippen LogP contribution in [-0.2, 0) is 4.79 Å². The Morgan fingerprint density at radius 2 is 2.06 bits per heavy atom. The second-order valence-electron chi connectivity index (χ2n) is 9.14. The molecule has 3 atom stereocenters. The van der Waals surface area contributed by atoms with E-state index in [2.05, 4.69) is 21.5 Å². The molecule has 0 saturated carbocycles. The molecule has 0 aromatic carbocycles. The normalized spacial score (nSPS) is 22.9. The fourth-order valence-electron chi connectivity index (χ4n) is 4.77. The van der Waals surface area contributed by atoms with Gasteiger partial charge in [-0.05, 0) is 43.6 Å². The largest absolute Gasteiger partial charge is 0.351 e. The van der Waals surface area contributed by atoms with E-state index in [1.807, 2.05) is 38.7 Å². The van der Waals surface area contributed by atoms with Crippen LogP contribution in [0.4, 0.5) is 10.2 Å². The van der Waals surface area contributed by atoms with Gasteiger partial charge in [0.15, 0.2) is 11.0 Å². The standard InChI is InChI=1S/C24H28ClFN6O2/c1-6-18(33)30-9-10-31(15(5)12-30)22-16-11-17(26)21(25)28-23(16)32(24(34)29-22)20-14(4)7-8-27-19(20)13(2)3/h6-8,11,13,15,19-20H,1,9-10,12H2,2-5H3. The molecule has 1 saturated heterocycles. The summed E-state index contributed by atoms with van der Waals surface area (Å²) in [5.41, 5.74) is 0.687. The zero-order chi connectivity index (χ0) is 24.7. The molecule has 1 amide bonds. The number of fused-ring (bicyclic) bond motifs is 1. The number of anilines is 1. The Hall–Kier alpha value is -3.07. The summed E-state index contributed by atoms with van der Waals surface area (Å²) in [6.45, 7) is 12.8. The highest BCUT2D eigenvalue weighted by molar-refractivity contribution is 6.30. The fraction of sp³-hybridized carbons (Fsp3) is 0.458. The van der Waals surface area contributed by atoms with Gasteiger partial charge >= 0.3 is 5.69 Å². The van der Waals surface area contributed by atoms with Gasteiger partial charge in [0.2, 0.25) is 5.91 Å². The number of halogens is 2. The molecule has 2 aliphatic rings. The molecule has 0 spiro atoms. The molecule has 0 aliphatic carbocycles. The zero-order valence-corrected chi connectivity index (χ0v) is 20.5. The maximum Gasteiger partial charge on any atom is 0.351 e. The van der Waals surface area contributed by atoms with Crippen LogP contribution in [0.25, 0.3) is 11.0 Å². The number of rotatable bonds is 4. The van der Waals surface area contributed by atoms with E-state index in [9.17, 15) is 14.0 Å². The first-order valence-corrected chi connectivity index (χ1v) is 11.7. The van der Waals surface area contributed by atoms with E-state index in [-0.39, 0.29) is 34.7 Å². The van der Waals surface area contributed by atoms with E-state index in [0.29, 0.717) is 30.8 Å². The summed E-state index contributed by atoms with van der Waals surface area (Å²) in [6.07, 6.45) is 4.89. The van der Waals surface area contributed by atoms with Crippen molar-refractivity contribution in [3.8, 4) is 0 Å². The molecular weight excluding hydrogens is 459 g/mol. The van der Waals surface area contributed by atoms with Crippen LogP contribution in [0, 0.1) is 11.7 Å². The van der Waals surface area contributed by atoms with Crippen LogP contribution in [0.1, 0.15) is 33.7 Å².